The normalized spacial score (nSPS) is 10.6. The van der Waals surface area contributed by atoms with Gasteiger partial charge in [-0.1, -0.05) is 35.9 Å². The standard InChI is InChI=1S/C18H17ClFN3O2/c19-16-5-2-1-4-15(16)18(25)21-11-3-6-17(24)23-22-12-13-7-9-14(20)10-8-13/h1-2,4-5,7-10,12H,3,6,11H2,(H,21,25)(H,23,24)/b22-12+. The van der Waals surface area contributed by atoms with Crippen LogP contribution in [-0.4, -0.2) is 24.6 Å². The minimum atomic E-state index is -0.333. The van der Waals surface area contributed by atoms with Gasteiger partial charge in [-0.25, -0.2) is 9.82 Å². The van der Waals surface area contributed by atoms with E-state index < -0.39 is 0 Å². The molecule has 0 aliphatic rings. The Bertz CT molecular complexity index is 763. The van der Waals surface area contributed by atoms with E-state index in [4.69, 9.17) is 11.6 Å². The number of rotatable bonds is 7. The lowest BCUT2D eigenvalue weighted by molar-refractivity contribution is -0.121. The Morgan fingerprint density at radius 1 is 1.12 bits per heavy atom. The molecule has 25 heavy (non-hydrogen) atoms. The highest BCUT2D eigenvalue weighted by atomic mass is 35.5. The Morgan fingerprint density at radius 2 is 1.84 bits per heavy atom. The van der Waals surface area contributed by atoms with Gasteiger partial charge in [-0.2, -0.15) is 5.10 Å². The zero-order valence-electron chi connectivity index (χ0n) is 13.3. The summed E-state index contributed by atoms with van der Waals surface area (Å²) in [7, 11) is 0. The molecule has 0 unspecified atom stereocenters. The second-order valence-corrected chi connectivity index (χ2v) is 5.59. The van der Waals surface area contributed by atoms with Crippen molar-refractivity contribution < 1.29 is 14.0 Å². The molecule has 2 aromatic rings. The van der Waals surface area contributed by atoms with Crippen LogP contribution in [0, 0.1) is 5.82 Å². The van der Waals surface area contributed by atoms with Gasteiger partial charge < -0.3 is 5.32 Å². The summed E-state index contributed by atoms with van der Waals surface area (Å²) < 4.78 is 12.7. The van der Waals surface area contributed by atoms with Gasteiger partial charge >= 0.3 is 0 Å². The summed E-state index contributed by atoms with van der Waals surface area (Å²) in [4.78, 5) is 23.6. The summed E-state index contributed by atoms with van der Waals surface area (Å²) >= 11 is 5.94. The van der Waals surface area contributed by atoms with Crippen molar-refractivity contribution in [2.75, 3.05) is 6.54 Å². The molecule has 2 N–H and O–H groups in total. The van der Waals surface area contributed by atoms with Crippen molar-refractivity contribution in [3.05, 3.63) is 70.5 Å². The molecule has 0 aromatic heterocycles. The molecule has 0 atom stereocenters. The van der Waals surface area contributed by atoms with Gasteiger partial charge in [-0.3, -0.25) is 9.59 Å². The van der Waals surface area contributed by atoms with Crippen molar-refractivity contribution in [1.29, 1.82) is 0 Å². The van der Waals surface area contributed by atoms with Crippen molar-refractivity contribution in [3.63, 3.8) is 0 Å². The third-order valence-electron chi connectivity index (χ3n) is 3.26. The predicted octanol–water partition coefficient (Wildman–Crippen LogP) is 3.14. The van der Waals surface area contributed by atoms with Crippen LogP contribution >= 0.6 is 11.6 Å². The Morgan fingerprint density at radius 3 is 2.56 bits per heavy atom. The molecule has 0 saturated carbocycles. The first kappa shape index (κ1) is 18.6. The fourth-order valence-electron chi connectivity index (χ4n) is 1.97. The number of amides is 2. The van der Waals surface area contributed by atoms with E-state index in [0.717, 1.165) is 0 Å². The fraction of sp³-hybridized carbons (Fsp3) is 0.167. The van der Waals surface area contributed by atoms with Crippen molar-refractivity contribution in [2.45, 2.75) is 12.8 Å². The third kappa shape index (κ3) is 6.35. The predicted molar refractivity (Wildman–Crippen MR) is 95.2 cm³/mol. The SMILES string of the molecule is O=C(CCCNC(=O)c1ccccc1Cl)N/N=C/c1ccc(F)cc1. The van der Waals surface area contributed by atoms with Gasteiger partial charge in [0.15, 0.2) is 0 Å². The monoisotopic (exact) mass is 361 g/mol. The molecule has 0 aliphatic heterocycles. The Balaban J connectivity index is 1.66. The summed E-state index contributed by atoms with van der Waals surface area (Å²) in [6.07, 6.45) is 2.11. The average molecular weight is 362 g/mol. The van der Waals surface area contributed by atoms with Crippen molar-refractivity contribution in [1.82, 2.24) is 10.7 Å². The molecule has 2 rings (SSSR count). The van der Waals surface area contributed by atoms with Crippen LogP contribution in [0.4, 0.5) is 4.39 Å². The molecule has 0 radical (unpaired) electrons. The van der Waals surface area contributed by atoms with Crippen LogP contribution in [0.1, 0.15) is 28.8 Å². The van der Waals surface area contributed by atoms with E-state index in [0.29, 0.717) is 29.1 Å². The lowest BCUT2D eigenvalue weighted by atomic mass is 10.2. The van der Waals surface area contributed by atoms with Crippen LogP contribution in [0.2, 0.25) is 5.02 Å². The quantitative estimate of drug-likeness (QED) is 0.452. The number of carbonyl (C=O) groups is 2. The largest absolute Gasteiger partial charge is 0.352 e. The molecule has 0 heterocycles. The zero-order valence-corrected chi connectivity index (χ0v) is 14.1. The van der Waals surface area contributed by atoms with Crippen molar-refractivity contribution >= 4 is 29.6 Å². The minimum absolute atomic E-state index is 0.212. The summed E-state index contributed by atoms with van der Waals surface area (Å²) in [6, 6.07) is 12.5. The van der Waals surface area contributed by atoms with Crippen molar-refractivity contribution in [2.24, 2.45) is 5.10 Å². The third-order valence-corrected chi connectivity index (χ3v) is 3.59. The van der Waals surface area contributed by atoms with E-state index in [1.165, 1.54) is 18.3 Å². The highest BCUT2D eigenvalue weighted by Crippen LogP contribution is 2.14. The second-order valence-electron chi connectivity index (χ2n) is 5.18. The number of nitrogens with zero attached hydrogens (tertiary/aromatic N) is 1. The summed E-state index contributed by atoms with van der Waals surface area (Å²) in [5.74, 6) is -0.884. The maximum atomic E-state index is 12.7. The molecule has 0 saturated heterocycles. The van der Waals surface area contributed by atoms with Crippen LogP contribution in [0.25, 0.3) is 0 Å². The first-order valence-corrected chi connectivity index (χ1v) is 8.04. The first-order chi connectivity index (χ1) is 12.1. The molecule has 7 heteroatoms. The lowest BCUT2D eigenvalue weighted by Gasteiger charge is -2.06. The maximum Gasteiger partial charge on any atom is 0.252 e. The number of hydrazone groups is 1. The molecular formula is C18H17ClFN3O2. The molecular weight excluding hydrogens is 345 g/mol. The molecule has 2 amide bonds. The lowest BCUT2D eigenvalue weighted by Crippen LogP contribution is -2.26. The van der Waals surface area contributed by atoms with Crippen LogP contribution in [-0.2, 0) is 4.79 Å². The van der Waals surface area contributed by atoms with Crippen molar-refractivity contribution in [3.8, 4) is 0 Å². The summed E-state index contributed by atoms with van der Waals surface area (Å²) in [5.41, 5.74) is 3.45. The first-order valence-electron chi connectivity index (χ1n) is 7.66. The number of hydrogen-bond donors (Lipinski definition) is 2. The van der Waals surface area contributed by atoms with E-state index >= 15 is 0 Å². The smallest absolute Gasteiger partial charge is 0.252 e. The number of hydrogen-bond acceptors (Lipinski definition) is 3. The van der Waals surface area contributed by atoms with E-state index in [1.54, 1.807) is 36.4 Å². The van der Waals surface area contributed by atoms with Crippen LogP contribution in [0.5, 0.6) is 0 Å². The molecule has 130 valence electrons. The molecule has 0 bridgehead atoms. The van der Waals surface area contributed by atoms with Crippen LogP contribution in [0.3, 0.4) is 0 Å². The van der Waals surface area contributed by atoms with E-state index in [9.17, 15) is 14.0 Å². The number of nitrogens with one attached hydrogen (secondary N) is 2. The van der Waals surface area contributed by atoms with Gasteiger partial charge in [0.05, 0.1) is 16.8 Å². The summed E-state index contributed by atoms with van der Waals surface area (Å²) in [5, 5.41) is 6.88. The number of carbonyl (C=O) groups excluding carboxylic acids is 2. The Hall–Kier alpha value is -2.73. The Labute approximate surface area is 149 Å². The van der Waals surface area contributed by atoms with E-state index in [-0.39, 0.29) is 24.1 Å². The maximum absolute atomic E-state index is 12.7. The molecule has 5 nitrogen and oxygen atoms in total. The minimum Gasteiger partial charge on any atom is -0.352 e. The van der Waals surface area contributed by atoms with Gasteiger partial charge in [-0.05, 0) is 36.2 Å². The molecule has 0 spiro atoms. The summed E-state index contributed by atoms with van der Waals surface area (Å²) in [6.45, 7) is 0.346. The second kappa shape index (κ2) is 9.54. The highest BCUT2D eigenvalue weighted by Gasteiger charge is 2.08. The zero-order chi connectivity index (χ0) is 18.1. The van der Waals surface area contributed by atoms with Crippen LogP contribution < -0.4 is 10.7 Å². The van der Waals surface area contributed by atoms with Gasteiger partial charge in [0.25, 0.3) is 5.91 Å². The van der Waals surface area contributed by atoms with Gasteiger partial charge in [0.2, 0.25) is 5.91 Å². The number of halogens is 2. The fourth-order valence-corrected chi connectivity index (χ4v) is 2.20. The number of benzene rings is 2. The van der Waals surface area contributed by atoms with E-state index in [1.807, 2.05) is 0 Å². The van der Waals surface area contributed by atoms with Gasteiger partial charge in [0.1, 0.15) is 5.82 Å². The van der Waals surface area contributed by atoms with E-state index in [2.05, 4.69) is 15.8 Å². The topological polar surface area (TPSA) is 70.6 Å². The molecule has 0 fully saturated rings. The molecule has 0 aliphatic carbocycles. The van der Waals surface area contributed by atoms with Gasteiger partial charge in [0, 0.05) is 13.0 Å². The van der Waals surface area contributed by atoms with Gasteiger partial charge in [-0.15, -0.1) is 0 Å². The highest BCUT2D eigenvalue weighted by molar-refractivity contribution is 6.33. The average Bonchev–Trinajstić information content (AvgIpc) is 2.60. The molecule has 2 aromatic carbocycles. The Kier molecular flexibility index (Phi) is 7.10. The van der Waals surface area contributed by atoms with Crippen LogP contribution in [0.15, 0.2) is 53.6 Å².